The minimum Gasteiger partial charge on any atom is -0.337 e. The first kappa shape index (κ1) is 20.7. The van der Waals surface area contributed by atoms with Crippen molar-refractivity contribution >= 4 is 11.6 Å². The molecule has 0 atom stereocenters. The molecule has 160 valence electrons. The lowest BCUT2D eigenvalue weighted by atomic mass is 9.93. The van der Waals surface area contributed by atoms with E-state index in [2.05, 4.69) is 10.1 Å². The maximum absolute atomic E-state index is 13.4. The molecule has 0 aliphatic heterocycles. The van der Waals surface area contributed by atoms with Crippen molar-refractivity contribution in [2.24, 2.45) is 0 Å². The molecular weight excluding hydrogens is 396 g/mol. The highest BCUT2D eigenvalue weighted by Crippen LogP contribution is 2.27. The van der Waals surface area contributed by atoms with Gasteiger partial charge in [-0.15, -0.1) is 0 Å². The van der Waals surface area contributed by atoms with Gasteiger partial charge in [-0.05, 0) is 25.8 Å². The van der Waals surface area contributed by atoms with Crippen LogP contribution in [0.3, 0.4) is 0 Å². The van der Waals surface area contributed by atoms with Crippen molar-refractivity contribution in [2.75, 3.05) is 0 Å². The molecule has 0 bridgehead atoms. The molecule has 2 aromatic carbocycles. The molecule has 31 heavy (non-hydrogen) atoms. The first-order valence-corrected chi connectivity index (χ1v) is 10.5. The van der Waals surface area contributed by atoms with Gasteiger partial charge >= 0.3 is 0 Å². The average Bonchev–Trinajstić information content (AvgIpc) is 3.27. The summed E-state index contributed by atoms with van der Waals surface area (Å²) in [4.78, 5) is 30.2. The maximum Gasteiger partial charge on any atom is 0.270 e. The van der Waals surface area contributed by atoms with Gasteiger partial charge in [0.05, 0.1) is 4.92 Å². The molecule has 1 aliphatic carbocycles. The van der Waals surface area contributed by atoms with Crippen LogP contribution in [0.15, 0.2) is 53.1 Å². The van der Waals surface area contributed by atoms with Gasteiger partial charge in [0.25, 0.3) is 11.6 Å². The number of nitro benzene ring substituents is 1. The zero-order chi connectivity index (χ0) is 21.8. The lowest BCUT2D eigenvalue weighted by molar-refractivity contribution is -0.384. The Morgan fingerprint density at radius 1 is 1.16 bits per heavy atom. The fraction of sp³-hybridized carbons (Fsp3) is 0.348. The topological polar surface area (TPSA) is 102 Å². The van der Waals surface area contributed by atoms with E-state index >= 15 is 0 Å². The van der Waals surface area contributed by atoms with E-state index in [4.69, 9.17) is 4.52 Å². The third-order valence-corrected chi connectivity index (χ3v) is 5.66. The van der Waals surface area contributed by atoms with Crippen LogP contribution in [-0.4, -0.2) is 31.9 Å². The van der Waals surface area contributed by atoms with E-state index in [1.165, 1.54) is 18.2 Å². The molecule has 0 spiro atoms. The number of benzene rings is 2. The van der Waals surface area contributed by atoms with Gasteiger partial charge in [0.2, 0.25) is 11.7 Å². The van der Waals surface area contributed by atoms with Crippen molar-refractivity contribution in [3.63, 3.8) is 0 Å². The van der Waals surface area contributed by atoms with Crippen LogP contribution in [0.25, 0.3) is 11.4 Å². The van der Waals surface area contributed by atoms with Gasteiger partial charge in [0, 0.05) is 29.3 Å². The third kappa shape index (κ3) is 4.79. The summed E-state index contributed by atoms with van der Waals surface area (Å²) in [5.74, 6) is 0.562. The van der Waals surface area contributed by atoms with Crippen LogP contribution in [0, 0.1) is 17.0 Å². The Balaban J connectivity index is 1.60. The summed E-state index contributed by atoms with van der Waals surface area (Å²) >= 11 is 0. The molecular formula is C23H24N4O4. The molecule has 8 nitrogen and oxygen atoms in total. The van der Waals surface area contributed by atoms with Crippen molar-refractivity contribution in [3.8, 4) is 11.4 Å². The zero-order valence-electron chi connectivity index (χ0n) is 17.4. The molecule has 0 saturated heterocycles. The summed E-state index contributed by atoms with van der Waals surface area (Å²) in [7, 11) is 0. The highest BCUT2D eigenvalue weighted by Gasteiger charge is 2.29. The van der Waals surface area contributed by atoms with Crippen LogP contribution in [0.1, 0.15) is 53.9 Å². The predicted octanol–water partition coefficient (Wildman–Crippen LogP) is 4.93. The Bertz CT molecular complexity index is 1070. The predicted molar refractivity (Wildman–Crippen MR) is 114 cm³/mol. The number of nitro groups is 1. The van der Waals surface area contributed by atoms with E-state index in [-0.39, 0.29) is 29.7 Å². The van der Waals surface area contributed by atoms with Crippen molar-refractivity contribution < 1.29 is 14.2 Å². The smallest absolute Gasteiger partial charge is 0.270 e. The minimum absolute atomic E-state index is 0.0373. The van der Waals surface area contributed by atoms with Crippen molar-refractivity contribution in [3.05, 3.63) is 75.7 Å². The molecule has 8 heteroatoms. The monoisotopic (exact) mass is 420 g/mol. The summed E-state index contributed by atoms with van der Waals surface area (Å²) in [6, 6.07) is 13.7. The molecule has 4 rings (SSSR count). The Kier molecular flexibility index (Phi) is 6.06. The quantitative estimate of drug-likeness (QED) is 0.414. The summed E-state index contributed by atoms with van der Waals surface area (Å²) in [5.41, 5.74) is 2.17. The molecule has 1 aromatic heterocycles. The highest BCUT2D eigenvalue weighted by molar-refractivity contribution is 5.95. The van der Waals surface area contributed by atoms with Crippen LogP contribution in [-0.2, 0) is 6.54 Å². The standard InChI is InChI=1S/C23H24N4O4/c1-16-10-12-17(13-11-16)22-24-21(31-25-22)15-26(19-7-3-2-4-8-19)23(28)18-6-5-9-20(14-18)27(29)30/h5-6,9-14,19H,2-4,7-8,15H2,1H3. The minimum atomic E-state index is -0.492. The van der Waals surface area contributed by atoms with E-state index < -0.39 is 4.92 Å². The van der Waals surface area contributed by atoms with Crippen LogP contribution < -0.4 is 0 Å². The highest BCUT2D eigenvalue weighted by atomic mass is 16.6. The van der Waals surface area contributed by atoms with E-state index in [9.17, 15) is 14.9 Å². The largest absolute Gasteiger partial charge is 0.337 e. The van der Waals surface area contributed by atoms with E-state index in [1.807, 2.05) is 31.2 Å². The molecule has 3 aromatic rings. The molecule has 0 N–H and O–H groups in total. The number of aryl methyl sites for hydroxylation is 1. The number of hydrogen-bond acceptors (Lipinski definition) is 6. The first-order valence-electron chi connectivity index (χ1n) is 10.5. The summed E-state index contributed by atoms with van der Waals surface area (Å²) in [6.07, 6.45) is 5.01. The number of carbonyl (C=O) groups is 1. The second-order valence-electron chi connectivity index (χ2n) is 7.91. The molecule has 0 radical (unpaired) electrons. The number of amides is 1. The molecule has 1 saturated carbocycles. The van der Waals surface area contributed by atoms with Crippen molar-refractivity contribution in [1.82, 2.24) is 15.0 Å². The lowest BCUT2D eigenvalue weighted by Crippen LogP contribution is -2.41. The second-order valence-corrected chi connectivity index (χ2v) is 7.91. The Hall–Kier alpha value is -3.55. The number of hydrogen-bond donors (Lipinski definition) is 0. The zero-order valence-corrected chi connectivity index (χ0v) is 17.4. The van der Waals surface area contributed by atoms with Gasteiger partial charge in [0.1, 0.15) is 6.54 Å². The lowest BCUT2D eigenvalue weighted by Gasteiger charge is -2.33. The SMILES string of the molecule is Cc1ccc(-c2noc(CN(C(=O)c3cccc([N+](=O)[O-])c3)C3CCCCC3)n2)cc1. The van der Waals surface area contributed by atoms with Gasteiger partial charge in [-0.3, -0.25) is 14.9 Å². The van der Waals surface area contributed by atoms with Gasteiger partial charge in [0.15, 0.2) is 0 Å². The first-order chi connectivity index (χ1) is 15.0. The van der Waals surface area contributed by atoms with Crippen molar-refractivity contribution in [2.45, 2.75) is 51.6 Å². The number of nitrogens with zero attached hydrogens (tertiary/aromatic N) is 4. The van der Waals surface area contributed by atoms with Gasteiger partial charge < -0.3 is 9.42 Å². The van der Waals surface area contributed by atoms with E-state index in [1.54, 1.807) is 11.0 Å². The van der Waals surface area contributed by atoms with Crippen LogP contribution in [0.2, 0.25) is 0 Å². The Labute approximate surface area is 180 Å². The molecule has 0 unspecified atom stereocenters. The normalized spacial score (nSPS) is 14.4. The number of non-ortho nitro benzene ring substituents is 1. The van der Waals surface area contributed by atoms with Crippen LogP contribution in [0.4, 0.5) is 5.69 Å². The summed E-state index contributed by atoms with van der Waals surface area (Å²) in [5, 5.41) is 15.2. The fourth-order valence-electron chi connectivity index (χ4n) is 3.96. The molecule has 1 fully saturated rings. The number of aromatic nitrogens is 2. The summed E-state index contributed by atoms with van der Waals surface area (Å²) in [6.45, 7) is 2.18. The molecule has 1 aliphatic rings. The molecule has 1 amide bonds. The van der Waals surface area contributed by atoms with Crippen LogP contribution >= 0.6 is 0 Å². The van der Waals surface area contributed by atoms with E-state index in [0.29, 0.717) is 11.7 Å². The summed E-state index contributed by atoms with van der Waals surface area (Å²) < 4.78 is 5.46. The third-order valence-electron chi connectivity index (χ3n) is 5.66. The fourth-order valence-corrected chi connectivity index (χ4v) is 3.96. The molecule has 1 heterocycles. The second kappa shape index (κ2) is 9.07. The number of rotatable bonds is 6. The maximum atomic E-state index is 13.4. The average molecular weight is 420 g/mol. The van der Waals surface area contributed by atoms with Crippen LogP contribution in [0.5, 0.6) is 0 Å². The van der Waals surface area contributed by atoms with E-state index in [0.717, 1.165) is 43.2 Å². The van der Waals surface area contributed by atoms with Gasteiger partial charge in [-0.2, -0.15) is 4.98 Å². The van der Waals surface area contributed by atoms with Gasteiger partial charge in [-0.25, -0.2) is 0 Å². The van der Waals surface area contributed by atoms with Gasteiger partial charge in [-0.1, -0.05) is 60.3 Å². The Morgan fingerprint density at radius 2 is 1.90 bits per heavy atom. The Morgan fingerprint density at radius 3 is 2.61 bits per heavy atom. The van der Waals surface area contributed by atoms with Crippen molar-refractivity contribution in [1.29, 1.82) is 0 Å². The number of carbonyl (C=O) groups excluding carboxylic acids is 1.